The summed E-state index contributed by atoms with van der Waals surface area (Å²) in [4.78, 5) is 56.7. The summed E-state index contributed by atoms with van der Waals surface area (Å²) >= 11 is 0. The minimum absolute atomic E-state index is 0.0345. The molecule has 1 aliphatic rings. The molecular weight excluding hydrogens is 384 g/mol. The number of hydrogen-bond acceptors (Lipinski definition) is 7. The van der Waals surface area contributed by atoms with Gasteiger partial charge >= 0.3 is 5.97 Å². The number of aliphatic carboxylic acids is 1. The molecule has 0 bridgehead atoms. The maximum atomic E-state index is 13.0. The highest BCUT2D eigenvalue weighted by Gasteiger charge is 2.38. The van der Waals surface area contributed by atoms with Crippen LogP contribution in [0.5, 0.6) is 0 Å². The number of hydrogen-bond donors (Lipinski definition) is 6. The molecule has 1 fully saturated rings. The van der Waals surface area contributed by atoms with E-state index in [9.17, 15) is 29.4 Å². The van der Waals surface area contributed by atoms with E-state index in [0.717, 1.165) is 0 Å². The largest absolute Gasteiger partial charge is 0.480 e. The fourth-order valence-electron chi connectivity index (χ4n) is 3.07. The molecule has 2 heterocycles. The van der Waals surface area contributed by atoms with Gasteiger partial charge in [0.1, 0.15) is 18.1 Å². The Morgan fingerprint density at radius 3 is 2.55 bits per heavy atom. The Morgan fingerprint density at radius 1 is 1.31 bits per heavy atom. The first-order chi connectivity index (χ1) is 13.7. The smallest absolute Gasteiger partial charge is 0.326 e. The first kappa shape index (κ1) is 22.3. The number of nitrogens with one attached hydrogen (secondary N) is 3. The number of carbonyl (C=O) groups excluding carboxylic acids is 3. The van der Waals surface area contributed by atoms with Crippen molar-refractivity contribution in [3.8, 4) is 0 Å². The Bertz CT molecular complexity index is 737. The monoisotopic (exact) mass is 410 g/mol. The predicted molar refractivity (Wildman–Crippen MR) is 99.3 cm³/mol. The van der Waals surface area contributed by atoms with Crippen LogP contribution in [-0.2, 0) is 25.6 Å². The molecule has 1 aliphatic heterocycles. The summed E-state index contributed by atoms with van der Waals surface area (Å²) < 4.78 is 0. The molecule has 0 radical (unpaired) electrons. The lowest BCUT2D eigenvalue weighted by molar-refractivity contribution is -0.149. The fourth-order valence-corrected chi connectivity index (χ4v) is 3.07. The van der Waals surface area contributed by atoms with Crippen molar-refractivity contribution < 1.29 is 29.4 Å². The van der Waals surface area contributed by atoms with E-state index in [1.807, 2.05) is 0 Å². The number of carboxylic acid groups (broad SMARTS) is 1. The van der Waals surface area contributed by atoms with Crippen molar-refractivity contribution in [3.05, 3.63) is 18.2 Å². The van der Waals surface area contributed by atoms with E-state index >= 15 is 0 Å². The highest BCUT2D eigenvalue weighted by molar-refractivity contribution is 5.94. The van der Waals surface area contributed by atoms with Crippen LogP contribution >= 0.6 is 0 Å². The molecule has 2 rings (SSSR count). The summed E-state index contributed by atoms with van der Waals surface area (Å²) in [6.45, 7) is 0.985. The third-order valence-corrected chi connectivity index (χ3v) is 4.64. The van der Waals surface area contributed by atoms with Gasteiger partial charge in [-0.3, -0.25) is 14.4 Å². The number of aliphatic hydroxyl groups is 1. The molecule has 3 amide bonds. The number of likely N-dealkylation sites (tertiary alicyclic amines) is 1. The first-order valence-corrected chi connectivity index (χ1v) is 9.22. The van der Waals surface area contributed by atoms with E-state index in [4.69, 9.17) is 5.73 Å². The van der Waals surface area contributed by atoms with Gasteiger partial charge in [-0.15, -0.1) is 0 Å². The number of imidazole rings is 1. The standard InChI is InChI=1S/C17H26N6O6/c1-9(18)14(25)22-12(7-24)15(26)21-11(5-10-6-19-8-20-10)16(27)23-4-2-3-13(23)17(28)29/h6,8-9,11-13,24H,2-5,7,18H2,1H3,(H,19,20)(H,21,26)(H,22,25)(H,28,29). The second-order valence-corrected chi connectivity index (χ2v) is 6.90. The number of aromatic nitrogens is 2. The number of aromatic amines is 1. The van der Waals surface area contributed by atoms with Gasteiger partial charge in [-0.1, -0.05) is 0 Å². The summed E-state index contributed by atoms with van der Waals surface area (Å²) in [7, 11) is 0. The van der Waals surface area contributed by atoms with Crippen LogP contribution in [0.1, 0.15) is 25.5 Å². The third-order valence-electron chi connectivity index (χ3n) is 4.64. The molecule has 0 spiro atoms. The molecule has 7 N–H and O–H groups in total. The van der Waals surface area contributed by atoms with Crippen molar-refractivity contribution in [2.75, 3.05) is 13.2 Å². The molecular formula is C17H26N6O6. The summed E-state index contributed by atoms with van der Waals surface area (Å²) in [6.07, 6.45) is 3.79. The zero-order chi connectivity index (χ0) is 21.6. The van der Waals surface area contributed by atoms with E-state index in [-0.39, 0.29) is 13.0 Å². The van der Waals surface area contributed by atoms with Crippen LogP contribution in [0.2, 0.25) is 0 Å². The van der Waals surface area contributed by atoms with E-state index in [1.165, 1.54) is 24.3 Å². The quantitative estimate of drug-likeness (QED) is 0.254. The van der Waals surface area contributed by atoms with Crippen LogP contribution < -0.4 is 16.4 Å². The Hall–Kier alpha value is -2.99. The molecule has 12 heteroatoms. The van der Waals surface area contributed by atoms with E-state index in [0.29, 0.717) is 18.5 Å². The molecule has 1 saturated heterocycles. The zero-order valence-corrected chi connectivity index (χ0v) is 16.0. The second kappa shape index (κ2) is 9.98. The normalized spacial score (nSPS) is 19.3. The molecule has 1 aromatic rings. The van der Waals surface area contributed by atoms with Gasteiger partial charge in [0.05, 0.1) is 19.0 Å². The zero-order valence-electron chi connectivity index (χ0n) is 16.0. The van der Waals surface area contributed by atoms with Gasteiger partial charge in [0.15, 0.2) is 0 Å². The third kappa shape index (κ3) is 5.74. The number of carboxylic acids is 1. The molecule has 4 atom stereocenters. The van der Waals surface area contributed by atoms with Gasteiger partial charge in [0.25, 0.3) is 0 Å². The number of rotatable bonds is 9. The molecule has 0 saturated carbocycles. The molecule has 0 aromatic carbocycles. The molecule has 4 unspecified atom stereocenters. The highest BCUT2D eigenvalue weighted by atomic mass is 16.4. The second-order valence-electron chi connectivity index (χ2n) is 6.90. The number of amides is 3. The first-order valence-electron chi connectivity index (χ1n) is 9.22. The van der Waals surface area contributed by atoms with Crippen LogP contribution in [0.4, 0.5) is 0 Å². The van der Waals surface area contributed by atoms with Crippen LogP contribution in [0.15, 0.2) is 12.5 Å². The van der Waals surface area contributed by atoms with Gasteiger partial charge in [-0.2, -0.15) is 0 Å². The highest BCUT2D eigenvalue weighted by Crippen LogP contribution is 2.19. The van der Waals surface area contributed by atoms with Crippen molar-refractivity contribution in [2.45, 2.75) is 50.4 Å². The Balaban J connectivity index is 2.17. The average Bonchev–Trinajstić information content (AvgIpc) is 3.36. The minimum atomic E-state index is -1.31. The lowest BCUT2D eigenvalue weighted by Crippen LogP contribution is -2.58. The number of nitrogens with two attached hydrogens (primary N) is 1. The lowest BCUT2D eigenvalue weighted by Gasteiger charge is -2.28. The van der Waals surface area contributed by atoms with Crippen LogP contribution in [0, 0.1) is 0 Å². The summed E-state index contributed by atoms with van der Waals surface area (Å²) in [5, 5.41) is 23.6. The van der Waals surface area contributed by atoms with Gasteiger partial charge in [0.2, 0.25) is 17.7 Å². The minimum Gasteiger partial charge on any atom is -0.480 e. The van der Waals surface area contributed by atoms with Crippen molar-refractivity contribution in [3.63, 3.8) is 0 Å². The Morgan fingerprint density at radius 2 is 2.00 bits per heavy atom. The summed E-state index contributed by atoms with van der Waals surface area (Å²) in [6, 6.07) is -4.26. The van der Waals surface area contributed by atoms with Gasteiger partial charge < -0.3 is 36.5 Å². The Labute approximate surface area is 166 Å². The van der Waals surface area contributed by atoms with Crippen molar-refractivity contribution in [2.24, 2.45) is 5.73 Å². The van der Waals surface area contributed by atoms with E-state index in [1.54, 1.807) is 0 Å². The molecule has 29 heavy (non-hydrogen) atoms. The van der Waals surface area contributed by atoms with Gasteiger partial charge in [0, 0.05) is 24.9 Å². The van der Waals surface area contributed by atoms with Crippen LogP contribution in [0.3, 0.4) is 0 Å². The summed E-state index contributed by atoms with van der Waals surface area (Å²) in [5.41, 5.74) is 6.00. The van der Waals surface area contributed by atoms with Crippen LogP contribution in [0.25, 0.3) is 0 Å². The maximum Gasteiger partial charge on any atom is 0.326 e. The molecule has 0 aliphatic carbocycles. The predicted octanol–water partition coefficient (Wildman–Crippen LogP) is -2.66. The van der Waals surface area contributed by atoms with Crippen molar-refractivity contribution in [1.82, 2.24) is 25.5 Å². The van der Waals surface area contributed by atoms with Crippen molar-refractivity contribution in [1.29, 1.82) is 0 Å². The number of nitrogens with zero attached hydrogens (tertiary/aromatic N) is 2. The van der Waals surface area contributed by atoms with Gasteiger partial charge in [-0.05, 0) is 19.8 Å². The number of H-pyrrole nitrogens is 1. The molecule has 12 nitrogen and oxygen atoms in total. The number of aliphatic hydroxyl groups excluding tert-OH is 1. The number of carbonyl (C=O) groups is 4. The van der Waals surface area contributed by atoms with Crippen molar-refractivity contribution >= 4 is 23.7 Å². The fraction of sp³-hybridized carbons (Fsp3) is 0.588. The van der Waals surface area contributed by atoms with Gasteiger partial charge in [-0.25, -0.2) is 9.78 Å². The average molecular weight is 410 g/mol. The van der Waals surface area contributed by atoms with Crippen LogP contribution in [-0.4, -0.2) is 86.1 Å². The molecule has 160 valence electrons. The maximum absolute atomic E-state index is 13.0. The lowest BCUT2D eigenvalue weighted by atomic mass is 10.1. The SMILES string of the molecule is CC(N)C(=O)NC(CO)C(=O)NC(Cc1cnc[nH]1)C(=O)N1CCCC1C(=O)O. The summed E-state index contributed by atoms with van der Waals surface area (Å²) in [5.74, 6) is -3.10. The topological polar surface area (TPSA) is 191 Å². The molecule has 1 aromatic heterocycles. The van der Waals surface area contributed by atoms with E-state index in [2.05, 4.69) is 20.6 Å². The Kier molecular flexibility index (Phi) is 7.67. The van der Waals surface area contributed by atoms with E-state index < -0.39 is 54.5 Å².